The second kappa shape index (κ2) is 9.55. The second-order valence-corrected chi connectivity index (χ2v) is 10.2. The lowest BCUT2D eigenvalue weighted by Gasteiger charge is -2.47. The van der Waals surface area contributed by atoms with Crippen LogP contribution in [0.5, 0.6) is 0 Å². The molecule has 31 heavy (non-hydrogen) atoms. The van der Waals surface area contributed by atoms with Gasteiger partial charge in [-0.2, -0.15) is 0 Å². The molecule has 3 N–H and O–H groups in total. The van der Waals surface area contributed by atoms with Crippen LogP contribution in [0.15, 0.2) is 24.4 Å². The Morgan fingerprint density at radius 2 is 2.26 bits per heavy atom. The lowest BCUT2D eigenvalue weighted by atomic mass is 9.79. The van der Waals surface area contributed by atoms with E-state index in [0.717, 1.165) is 45.4 Å². The quantitative estimate of drug-likeness (QED) is 0.607. The summed E-state index contributed by atoms with van der Waals surface area (Å²) >= 11 is 1.98. The van der Waals surface area contributed by atoms with Crippen molar-refractivity contribution >= 4 is 17.2 Å². The largest absolute Gasteiger partial charge is 0.394 e. The van der Waals surface area contributed by atoms with E-state index in [9.17, 15) is 10.2 Å². The molecule has 1 fully saturated rings. The van der Waals surface area contributed by atoms with Crippen molar-refractivity contribution in [2.75, 3.05) is 25.1 Å². The maximum Gasteiger partial charge on any atom is 0.126 e. The van der Waals surface area contributed by atoms with Gasteiger partial charge in [0.15, 0.2) is 0 Å². The number of likely N-dealkylation sites (tertiary alicyclic amines) is 1. The normalized spacial score (nSPS) is 25.9. The summed E-state index contributed by atoms with van der Waals surface area (Å²) in [5.41, 5.74) is 2.51. The number of hydrogen-bond donors (Lipinski definition) is 3. The SMILES string of the molecule is CCc1cc2c(s1)CCO[C@@]21CCN(Cc2ccc(N[C@@H](CO)[C@@H](C)O)nc2)[C@@H](C)C1. The highest BCUT2D eigenvalue weighted by atomic mass is 32.1. The first-order valence-corrected chi connectivity index (χ1v) is 12.3. The van der Waals surface area contributed by atoms with Gasteiger partial charge in [-0.1, -0.05) is 13.0 Å². The predicted octanol–water partition coefficient (Wildman–Crippen LogP) is 3.31. The fraction of sp³-hybridized carbons (Fsp3) is 0.625. The van der Waals surface area contributed by atoms with E-state index in [1.54, 1.807) is 6.92 Å². The van der Waals surface area contributed by atoms with E-state index < -0.39 is 12.1 Å². The molecule has 2 aromatic rings. The summed E-state index contributed by atoms with van der Waals surface area (Å²) in [6.07, 6.45) is 5.45. The summed E-state index contributed by atoms with van der Waals surface area (Å²) < 4.78 is 6.46. The predicted molar refractivity (Wildman–Crippen MR) is 125 cm³/mol. The highest BCUT2D eigenvalue weighted by Gasteiger charge is 2.44. The van der Waals surface area contributed by atoms with E-state index in [0.29, 0.717) is 11.9 Å². The first-order chi connectivity index (χ1) is 14.9. The lowest BCUT2D eigenvalue weighted by molar-refractivity contribution is -0.112. The first kappa shape index (κ1) is 22.7. The van der Waals surface area contributed by atoms with Crippen LogP contribution in [-0.2, 0) is 29.7 Å². The highest BCUT2D eigenvalue weighted by Crippen LogP contribution is 2.46. The molecule has 0 aromatic carbocycles. The van der Waals surface area contributed by atoms with Crippen LogP contribution in [0, 0.1) is 0 Å². The van der Waals surface area contributed by atoms with Crippen molar-refractivity contribution in [2.24, 2.45) is 0 Å². The number of anilines is 1. The number of rotatable bonds is 7. The van der Waals surface area contributed by atoms with Gasteiger partial charge < -0.3 is 20.3 Å². The topological polar surface area (TPSA) is 77.9 Å². The van der Waals surface area contributed by atoms with Crippen molar-refractivity contribution in [1.29, 1.82) is 0 Å². The van der Waals surface area contributed by atoms with Crippen molar-refractivity contribution in [1.82, 2.24) is 9.88 Å². The molecule has 0 saturated carbocycles. The molecule has 1 spiro atoms. The Kier molecular flexibility index (Phi) is 6.98. The molecule has 7 heteroatoms. The van der Waals surface area contributed by atoms with Gasteiger partial charge in [-0.15, -0.1) is 11.3 Å². The number of piperidine rings is 1. The number of ether oxygens (including phenoxy) is 1. The average molecular weight is 446 g/mol. The number of hydrogen-bond acceptors (Lipinski definition) is 7. The summed E-state index contributed by atoms with van der Waals surface area (Å²) in [5, 5.41) is 22.1. The number of aryl methyl sites for hydroxylation is 1. The van der Waals surface area contributed by atoms with Gasteiger partial charge in [0.05, 0.1) is 31.0 Å². The molecule has 6 nitrogen and oxygen atoms in total. The molecule has 170 valence electrons. The lowest BCUT2D eigenvalue weighted by Crippen LogP contribution is -2.50. The number of nitrogens with one attached hydrogen (secondary N) is 1. The van der Waals surface area contributed by atoms with Crippen LogP contribution < -0.4 is 5.32 Å². The van der Waals surface area contributed by atoms with Crippen LogP contribution in [0.25, 0.3) is 0 Å². The summed E-state index contributed by atoms with van der Waals surface area (Å²) in [5.74, 6) is 0.668. The molecule has 2 aliphatic rings. The van der Waals surface area contributed by atoms with Gasteiger partial charge in [0.1, 0.15) is 5.82 Å². The second-order valence-electron chi connectivity index (χ2n) is 9.00. The Morgan fingerprint density at radius 3 is 2.90 bits per heavy atom. The van der Waals surface area contributed by atoms with Gasteiger partial charge in [0.2, 0.25) is 0 Å². The number of aliphatic hydroxyl groups is 2. The third-order valence-electron chi connectivity index (χ3n) is 6.78. The molecule has 0 amide bonds. The highest BCUT2D eigenvalue weighted by molar-refractivity contribution is 7.12. The molecular formula is C24H35N3O3S. The van der Waals surface area contributed by atoms with Crippen LogP contribution in [0.1, 0.15) is 54.5 Å². The zero-order valence-electron chi connectivity index (χ0n) is 18.8. The Labute approximate surface area is 189 Å². The molecule has 4 atom stereocenters. The van der Waals surface area contributed by atoms with Gasteiger partial charge in [-0.3, -0.25) is 4.90 Å². The smallest absolute Gasteiger partial charge is 0.126 e. The third kappa shape index (κ3) is 4.81. The van der Waals surface area contributed by atoms with Gasteiger partial charge in [0.25, 0.3) is 0 Å². The van der Waals surface area contributed by atoms with Crippen molar-refractivity contribution in [3.05, 3.63) is 45.3 Å². The molecular weight excluding hydrogens is 410 g/mol. The van der Waals surface area contributed by atoms with Crippen LogP contribution in [0.2, 0.25) is 0 Å². The van der Waals surface area contributed by atoms with Crippen molar-refractivity contribution in [3.8, 4) is 0 Å². The minimum Gasteiger partial charge on any atom is -0.394 e. The zero-order valence-corrected chi connectivity index (χ0v) is 19.6. The minimum absolute atomic E-state index is 0.111. The average Bonchev–Trinajstić information content (AvgIpc) is 3.20. The number of nitrogens with zero attached hydrogens (tertiary/aromatic N) is 2. The molecule has 2 aromatic heterocycles. The van der Waals surface area contributed by atoms with Crippen LogP contribution in [-0.4, -0.2) is 58.0 Å². The van der Waals surface area contributed by atoms with Gasteiger partial charge >= 0.3 is 0 Å². The minimum atomic E-state index is -0.646. The monoisotopic (exact) mass is 445 g/mol. The summed E-state index contributed by atoms with van der Waals surface area (Å²) in [6.45, 7) is 8.77. The number of aromatic nitrogens is 1. The van der Waals surface area contributed by atoms with Crippen LogP contribution in [0.3, 0.4) is 0 Å². The Balaban J connectivity index is 1.40. The first-order valence-electron chi connectivity index (χ1n) is 11.4. The fourth-order valence-corrected chi connectivity index (χ4v) is 6.03. The maximum absolute atomic E-state index is 9.69. The Bertz CT molecular complexity index is 869. The van der Waals surface area contributed by atoms with Gasteiger partial charge in [0, 0.05) is 41.5 Å². The summed E-state index contributed by atoms with van der Waals surface area (Å²) in [7, 11) is 0. The number of fused-ring (bicyclic) bond motifs is 2. The van der Waals surface area contributed by atoms with E-state index in [2.05, 4.69) is 41.2 Å². The fourth-order valence-electron chi connectivity index (χ4n) is 4.86. The molecule has 2 aliphatic heterocycles. The standard InChI is InChI=1S/C24H35N3O3S/c1-4-19-11-20-22(31-19)7-10-30-24(20)8-9-27(16(2)12-24)14-18-5-6-23(25-13-18)26-21(15-28)17(3)29/h5-6,11,13,16-17,21,28-29H,4,7-10,12,14-15H2,1-3H3,(H,25,26)/t16-,17+,21-,24+/m0/s1. The maximum atomic E-state index is 9.69. The van der Waals surface area contributed by atoms with Crippen LogP contribution in [0.4, 0.5) is 5.82 Å². The van der Waals surface area contributed by atoms with E-state index in [-0.39, 0.29) is 12.2 Å². The third-order valence-corrected chi connectivity index (χ3v) is 8.12. The molecule has 0 unspecified atom stereocenters. The molecule has 0 radical (unpaired) electrons. The number of aliphatic hydroxyl groups excluding tert-OH is 2. The summed E-state index contributed by atoms with van der Waals surface area (Å²) in [6, 6.07) is 6.41. The molecule has 4 heterocycles. The molecule has 4 rings (SSSR count). The van der Waals surface area contributed by atoms with E-state index in [4.69, 9.17) is 4.74 Å². The molecule has 1 saturated heterocycles. The Hall–Kier alpha value is -1.51. The molecule has 0 aliphatic carbocycles. The van der Waals surface area contributed by atoms with Crippen LogP contribution >= 0.6 is 11.3 Å². The van der Waals surface area contributed by atoms with Gasteiger partial charge in [-0.25, -0.2) is 4.98 Å². The van der Waals surface area contributed by atoms with Crippen molar-refractivity contribution in [2.45, 2.75) is 76.8 Å². The number of thiophene rings is 1. The van der Waals surface area contributed by atoms with E-state index in [1.807, 2.05) is 23.6 Å². The Morgan fingerprint density at radius 1 is 1.42 bits per heavy atom. The van der Waals surface area contributed by atoms with E-state index in [1.165, 1.54) is 20.9 Å². The molecule has 0 bridgehead atoms. The van der Waals surface area contributed by atoms with Crippen molar-refractivity contribution in [3.63, 3.8) is 0 Å². The van der Waals surface area contributed by atoms with Crippen molar-refractivity contribution < 1.29 is 14.9 Å². The number of pyridine rings is 1. The van der Waals surface area contributed by atoms with Gasteiger partial charge in [-0.05, 0) is 56.4 Å². The zero-order chi connectivity index (χ0) is 22.0. The summed E-state index contributed by atoms with van der Waals surface area (Å²) in [4.78, 5) is 10.0. The van der Waals surface area contributed by atoms with E-state index >= 15 is 0 Å².